The number of ether oxygens (including phenoxy) is 2. The molecule has 1 unspecified atom stereocenters. The van der Waals surface area contributed by atoms with Gasteiger partial charge in [0.2, 0.25) is 0 Å². The zero-order valence-electron chi connectivity index (χ0n) is 17.1. The molecule has 0 spiro atoms. The maximum Gasteiger partial charge on any atom is 0.191 e. The van der Waals surface area contributed by atoms with E-state index in [-0.39, 0.29) is 6.10 Å². The van der Waals surface area contributed by atoms with E-state index < -0.39 is 0 Å². The fourth-order valence-corrected chi connectivity index (χ4v) is 2.96. The van der Waals surface area contributed by atoms with Crippen LogP contribution >= 0.6 is 0 Å². The highest BCUT2D eigenvalue weighted by Crippen LogP contribution is 2.23. The summed E-state index contributed by atoms with van der Waals surface area (Å²) in [6.45, 7) is 8.80. The summed E-state index contributed by atoms with van der Waals surface area (Å²) in [4.78, 5) is 4.28. The molecule has 2 N–H and O–H groups in total. The summed E-state index contributed by atoms with van der Waals surface area (Å²) in [5, 5.41) is 10.7. The molecule has 1 saturated heterocycles. The van der Waals surface area contributed by atoms with Crippen LogP contribution in [0.4, 0.5) is 0 Å². The first-order valence-corrected chi connectivity index (χ1v) is 9.79. The lowest BCUT2D eigenvalue weighted by Crippen LogP contribution is -2.36. The Balaban J connectivity index is 1.56. The zero-order chi connectivity index (χ0) is 19.9. The summed E-state index contributed by atoms with van der Waals surface area (Å²) >= 11 is 0. The maximum absolute atomic E-state index is 6.16. The number of nitrogens with one attached hydrogen (secondary N) is 2. The number of nitrogens with zero attached hydrogens (tertiary/aromatic N) is 2. The third-order valence-corrected chi connectivity index (χ3v) is 4.67. The van der Waals surface area contributed by atoms with Gasteiger partial charge in [0.15, 0.2) is 11.7 Å². The minimum absolute atomic E-state index is 0.125. The van der Waals surface area contributed by atoms with Crippen LogP contribution in [0.2, 0.25) is 0 Å². The molecule has 3 rings (SSSR count). The number of aliphatic imine (C=N–C) groups is 1. The molecule has 1 aliphatic rings. The topological polar surface area (TPSA) is 80.9 Å². The highest BCUT2D eigenvalue weighted by Gasteiger charge is 2.19. The predicted molar refractivity (Wildman–Crippen MR) is 109 cm³/mol. The van der Waals surface area contributed by atoms with Crippen LogP contribution in [0, 0.1) is 6.92 Å². The predicted octanol–water partition coefficient (Wildman–Crippen LogP) is 3.14. The van der Waals surface area contributed by atoms with Crippen molar-refractivity contribution < 1.29 is 14.0 Å². The van der Waals surface area contributed by atoms with Gasteiger partial charge in [0.1, 0.15) is 11.9 Å². The van der Waals surface area contributed by atoms with Crippen molar-refractivity contribution in [3.63, 3.8) is 0 Å². The number of guanidine groups is 1. The molecule has 28 heavy (non-hydrogen) atoms. The third-order valence-electron chi connectivity index (χ3n) is 4.67. The van der Waals surface area contributed by atoms with Crippen LogP contribution in [-0.2, 0) is 17.8 Å². The molecule has 0 saturated carbocycles. The SMILES string of the molecule is CN=C(NCc1cc(C(C)C)no1)NCc1ccc(C)cc1OC1CCOC1. The van der Waals surface area contributed by atoms with Crippen molar-refractivity contribution in [3.8, 4) is 5.75 Å². The van der Waals surface area contributed by atoms with Gasteiger partial charge in [-0.3, -0.25) is 4.99 Å². The van der Waals surface area contributed by atoms with Gasteiger partial charge in [-0.15, -0.1) is 0 Å². The first kappa shape index (κ1) is 20.2. The highest BCUT2D eigenvalue weighted by atomic mass is 16.5. The molecule has 0 aliphatic carbocycles. The lowest BCUT2D eigenvalue weighted by molar-refractivity contribution is 0.140. The molecular weight excluding hydrogens is 356 g/mol. The summed E-state index contributed by atoms with van der Waals surface area (Å²) in [6, 6.07) is 8.23. The summed E-state index contributed by atoms with van der Waals surface area (Å²) in [5.74, 6) is 2.72. The minimum Gasteiger partial charge on any atom is -0.488 e. The molecule has 2 heterocycles. The van der Waals surface area contributed by atoms with E-state index in [2.05, 4.69) is 59.8 Å². The van der Waals surface area contributed by atoms with E-state index in [1.54, 1.807) is 7.05 Å². The van der Waals surface area contributed by atoms with Gasteiger partial charge in [-0.25, -0.2) is 0 Å². The molecule has 1 aromatic heterocycles. The lowest BCUT2D eigenvalue weighted by Gasteiger charge is -2.17. The molecule has 1 aromatic carbocycles. The molecule has 0 radical (unpaired) electrons. The van der Waals surface area contributed by atoms with Crippen molar-refractivity contribution in [2.24, 2.45) is 4.99 Å². The normalized spacial score (nSPS) is 17.2. The van der Waals surface area contributed by atoms with E-state index in [0.717, 1.165) is 35.8 Å². The van der Waals surface area contributed by atoms with Crippen LogP contribution in [0.25, 0.3) is 0 Å². The Bertz CT molecular complexity index is 795. The van der Waals surface area contributed by atoms with Gasteiger partial charge in [0.05, 0.1) is 25.5 Å². The van der Waals surface area contributed by atoms with E-state index >= 15 is 0 Å². The Kier molecular flexibility index (Phi) is 6.92. The molecule has 1 aliphatic heterocycles. The second-order valence-electron chi connectivity index (χ2n) is 7.37. The molecule has 7 heteroatoms. The second kappa shape index (κ2) is 9.59. The van der Waals surface area contributed by atoms with E-state index in [1.165, 1.54) is 5.56 Å². The van der Waals surface area contributed by atoms with Crippen molar-refractivity contribution in [3.05, 3.63) is 46.8 Å². The Morgan fingerprint density at radius 3 is 2.79 bits per heavy atom. The van der Waals surface area contributed by atoms with Gasteiger partial charge in [0, 0.05) is 31.6 Å². The van der Waals surface area contributed by atoms with Crippen molar-refractivity contribution in [2.45, 2.75) is 52.3 Å². The number of benzene rings is 1. The molecule has 2 aromatic rings. The molecule has 1 fully saturated rings. The molecule has 1 atom stereocenters. The van der Waals surface area contributed by atoms with E-state index in [0.29, 0.717) is 31.6 Å². The largest absolute Gasteiger partial charge is 0.488 e. The fourth-order valence-electron chi connectivity index (χ4n) is 2.96. The summed E-state index contributed by atoms with van der Waals surface area (Å²) < 4.78 is 16.9. The number of aryl methyl sites for hydroxylation is 1. The van der Waals surface area contributed by atoms with E-state index in [1.807, 2.05) is 6.07 Å². The van der Waals surface area contributed by atoms with Gasteiger partial charge in [-0.1, -0.05) is 31.1 Å². The van der Waals surface area contributed by atoms with E-state index in [4.69, 9.17) is 14.0 Å². The Hall–Kier alpha value is -2.54. The maximum atomic E-state index is 6.16. The second-order valence-corrected chi connectivity index (χ2v) is 7.37. The number of rotatable bonds is 7. The first-order valence-electron chi connectivity index (χ1n) is 9.79. The van der Waals surface area contributed by atoms with Crippen molar-refractivity contribution in [1.82, 2.24) is 15.8 Å². The Morgan fingerprint density at radius 1 is 1.29 bits per heavy atom. The van der Waals surface area contributed by atoms with Crippen LogP contribution in [-0.4, -0.2) is 37.5 Å². The molecular formula is C21H30N4O3. The summed E-state index contributed by atoms with van der Waals surface area (Å²) in [7, 11) is 1.75. The molecule has 0 bridgehead atoms. The van der Waals surface area contributed by atoms with Gasteiger partial charge in [-0.05, 0) is 24.5 Å². The van der Waals surface area contributed by atoms with Crippen molar-refractivity contribution in [2.75, 3.05) is 20.3 Å². The number of hydrogen-bond acceptors (Lipinski definition) is 5. The third kappa shape index (κ3) is 5.48. The van der Waals surface area contributed by atoms with Crippen LogP contribution in [0.1, 0.15) is 48.8 Å². The van der Waals surface area contributed by atoms with Crippen molar-refractivity contribution in [1.29, 1.82) is 0 Å². The van der Waals surface area contributed by atoms with E-state index in [9.17, 15) is 0 Å². The fraction of sp³-hybridized carbons (Fsp3) is 0.524. The number of hydrogen-bond donors (Lipinski definition) is 2. The Labute approximate surface area is 166 Å². The van der Waals surface area contributed by atoms with Gasteiger partial charge < -0.3 is 24.6 Å². The summed E-state index contributed by atoms with van der Waals surface area (Å²) in [6.07, 6.45) is 1.05. The summed E-state index contributed by atoms with van der Waals surface area (Å²) in [5.41, 5.74) is 3.21. The molecule has 7 nitrogen and oxygen atoms in total. The average molecular weight is 386 g/mol. The first-order chi connectivity index (χ1) is 13.5. The lowest BCUT2D eigenvalue weighted by atomic mass is 10.1. The average Bonchev–Trinajstić information content (AvgIpc) is 3.35. The zero-order valence-corrected chi connectivity index (χ0v) is 17.1. The van der Waals surface area contributed by atoms with Crippen LogP contribution in [0.3, 0.4) is 0 Å². The minimum atomic E-state index is 0.125. The quantitative estimate of drug-likeness (QED) is 0.562. The molecule has 152 valence electrons. The van der Waals surface area contributed by atoms with Crippen LogP contribution in [0.15, 0.2) is 33.8 Å². The Morgan fingerprint density at radius 2 is 2.11 bits per heavy atom. The van der Waals surface area contributed by atoms with Crippen LogP contribution in [0.5, 0.6) is 5.75 Å². The standard InChI is InChI=1S/C21H30N4O3/c1-14(2)19-10-18(28-25-19)12-24-21(22-4)23-11-16-6-5-15(3)9-20(16)27-17-7-8-26-13-17/h5-6,9-10,14,17H,7-8,11-13H2,1-4H3,(H2,22,23,24). The van der Waals surface area contributed by atoms with Crippen LogP contribution < -0.4 is 15.4 Å². The smallest absolute Gasteiger partial charge is 0.191 e. The van der Waals surface area contributed by atoms with Crippen molar-refractivity contribution >= 4 is 5.96 Å². The van der Waals surface area contributed by atoms with Gasteiger partial charge in [0.25, 0.3) is 0 Å². The van der Waals surface area contributed by atoms with Gasteiger partial charge >= 0.3 is 0 Å². The number of aromatic nitrogens is 1. The molecule has 0 amide bonds. The van der Waals surface area contributed by atoms with Gasteiger partial charge in [-0.2, -0.15) is 0 Å². The monoisotopic (exact) mass is 386 g/mol. The highest BCUT2D eigenvalue weighted by molar-refractivity contribution is 5.79.